The molecule has 0 spiro atoms. The Kier molecular flexibility index (Phi) is 6.43. The Labute approximate surface area is 221 Å². The predicted octanol–water partition coefficient (Wildman–Crippen LogP) is 7.35. The Balaban J connectivity index is 1.54. The molecule has 0 saturated heterocycles. The number of rotatable bonds is 6. The average molecular weight is 509 g/mol. The summed E-state index contributed by atoms with van der Waals surface area (Å²) in [6.07, 6.45) is 5.36. The van der Waals surface area contributed by atoms with E-state index in [1.54, 1.807) is 4.90 Å². The Hall–Kier alpha value is -3.63. The third-order valence-electron chi connectivity index (χ3n) is 7.72. The van der Waals surface area contributed by atoms with Gasteiger partial charge in [-0.3, -0.25) is 14.5 Å². The zero-order valence-corrected chi connectivity index (χ0v) is 21.4. The first-order valence-electron chi connectivity index (χ1n) is 13.1. The topological polar surface area (TPSA) is 49.4 Å². The average Bonchev–Trinajstić information content (AvgIpc) is 2.95. The van der Waals surface area contributed by atoms with E-state index >= 15 is 0 Å². The van der Waals surface area contributed by atoms with E-state index in [2.05, 4.69) is 47.8 Å². The van der Waals surface area contributed by atoms with Crippen molar-refractivity contribution in [3.05, 3.63) is 90.5 Å². The first-order chi connectivity index (χ1) is 18.2. The van der Waals surface area contributed by atoms with Gasteiger partial charge in [0.2, 0.25) is 11.8 Å². The number of amides is 2. The number of carbonyl (C=O) groups excluding carboxylic acids is 2. The smallest absolute Gasteiger partial charge is 0.248 e. The Morgan fingerprint density at radius 1 is 0.784 bits per heavy atom. The van der Waals surface area contributed by atoms with Crippen LogP contribution in [0.4, 0.5) is 5.69 Å². The van der Waals surface area contributed by atoms with E-state index in [0.717, 1.165) is 58.2 Å². The molecule has 0 heterocycles. The SMILES string of the molecule is O=C(NC1CCCCC1)C(c1ccccc1)N(C(=O)CCl)c1ccc2ccc3cccc4ccc1c2c34. The number of hydrogen-bond donors (Lipinski definition) is 1. The van der Waals surface area contributed by atoms with Crippen molar-refractivity contribution in [2.45, 2.75) is 44.2 Å². The van der Waals surface area contributed by atoms with Crippen LogP contribution in [-0.2, 0) is 9.59 Å². The Bertz CT molecular complexity index is 1560. The second kappa shape index (κ2) is 10.0. The maximum Gasteiger partial charge on any atom is 0.248 e. The number of nitrogens with one attached hydrogen (secondary N) is 1. The first kappa shape index (κ1) is 23.7. The van der Waals surface area contributed by atoms with Crippen LogP contribution in [0.15, 0.2) is 84.9 Å². The highest BCUT2D eigenvalue weighted by Gasteiger charge is 2.34. The number of halogens is 1. The van der Waals surface area contributed by atoms with Crippen LogP contribution in [0.5, 0.6) is 0 Å². The fourth-order valence-corrected chi connectivity index (χ4v) is 6.12. The first-order valence-corrected chi connectivity index (χ1v) is 13.6. The van der Waals surface area contributed by atoms with Crippen molar-refractivity contribution in [2.24, 2.45) is 0 Å². The molecule has 0 radical (unpaired) electrons. The third-order valence-corrected chi connectivity index (χ3v) is 7.95. The molecule has 1 saturated carbocycles. The number of anilines is 1. The van der Waals surface area contributed by atoms with Gasteiger partial charge < -0.3 is 5.32 Å². The lowest BCUT2D eigenvalue weighted by atomic mass is 9.92. The van der Waals surface area contributed by atoms with Crippen molar-refractivity contribution in [3.63, 3.8) is 0 Å². The highest BCUT2D eigenvalue weighted by Crippen LogP contribution is 2.41. The molecule has 5 heteroatoms. The number of hydrogen-bond acceptors (Lipinski definition) is 2. The highest BCUT2D eigenvalue weighted by molar-refractivity contribution is 6.31. The molecule has 1 atom stereocenters. The normalized spacial score (nSPS) is 15.3. The Morgan fingerprint density at radius 3 is 2.14 bits per heavy atom. The molecule has 0 aromatic heterocycles. The van der Waals surface area contributed by atoms with Crippen LogP contribution in [0, 0.1) is 0 Å². The van der Waals surface area contributed by atoms with Gasteiger partial charge in [0, 0.05) is 11.4 Å². The molecule has 0 bridgehead atoms. The molecule has 37 heavy (non-hydrogen) atoms. The molecule has 5 aromatic carbocycles. The van der Waals surface area contributed by atoms with Crippen molar-refractivity contribution in [3.8, 4) is 0 Å². The summed E-state index contributed by atoms with van der Waals surface area (Å²) in [7, 11) is 0. The molecule has 1 aliphatic rings. The summed E-state index contributed by atoms with van der Waals surface area (Å²) in [4.78, 5) is 29.2. The summed E-state index contributed by atoms with van der Waals surface area (Å²) >= 11 is 6.20. The van der Waals surface area contributed by atoms with Gasteiger partial charge in [0.15, 0.2) is 0 Å². The predicted molar refractivity (Wildman–Crippen MR) is 153 cm³/mol. The fraction of sp³-hybridized carbons (Fsp3) is 0.250. The van der Waals surface area contributed by atoms with E-state index in [1.165, 1.54) is 11.8 Å². The van der Waals surface area contributed by atoms with Gasteiger partial charge in [-0.2, -0.15) is 0 Å². The van der Waals surface area contributed by atoms with Crippen molar-refractivity contribution in [1.82, 2.24) is 5.32 Å². The quantitative estimate of drug-likeness (QED) is 0.192. The van der Waals surface area contributed by atoms with Crippen molar-refractivity contribution in [2.75, 3.05) is 10.8 Å². The summed E-state index contributed by atoms with van der Waals surface area (Å²) in [6, 6.07) is 27.5. The number of nitrogens with zero attached hydrogens (tertiary/aromatic N) is 1. The number of carbonyl (C=O) groups is 2. The molecule has 2 amide bonds. The lowest BCUT2D eigenvalue weighted by Gasteiger charge is -2.34. The van der Waals surface area contributed by atoms with Gasteiger partial charge in [-0.1, -0.05) is 98.1 Å². The monoisotopic (exact) mass is 508 g/mol. The minimum Gasteiger partial charge on any atom is -0.351 e. The van der Waals surface area contributed by atoms with E-state index in [0.29, 0.717) is 5.69 Å². The zero-order chi connectivity index (χ0) is 25.4. The van der Waals surface area contributed by atoms with Gasteiger partial charge in [0.1, 0.15) is 11.9 Å². The minimum absolute atomic E-state index is 0.127. The summed E-state index contributed by atoms with van der Waals surface area (Å²) in [6.45, 7) is 0. The number of alkyl halides is 1. The summed E-state index contributed by atoms with van der Waals surface area (Å²) < 4.78 is 0. The van der Waals surface area contributed by atoms with E-state index in [-0.39, 0.29) is 23.7 Å². The third kappa shape index (κ3) is 4.30. The molecule has 1 aliphatic carbocycles. The minimum atomic E-state index is -0.826. The molecule has 6 rings (SSSR count). The van der Waals surface area contributed by atoms with Crippen molar-refractivity contribution < 1.29 is 9.59 Å². The van der Waals surface area contributed by atoms with Crippen LogP contribution in [0.1, 0.15) is 43.7 Å². The zero-order valence-electron chi connectivity index (χ0n) is 20.6. The standard InChI is InChI=1S/C32H29ClN2O2/c33-20-28(36)35(31(24-8-3-1-4-9-24)32(37)34-25-12-5-2-6-13-25)27-19-17-23-15-14-21-10-7-11-22-16-18-26(27)30(23)29(21)22/h1,3-4,7-11,14-19,25,31H,2,5-6,12-13,20H2,(H,34,37). The lowest BCUT2D eigenvalue weighted by Crippen LogP contribution is -2.47. The van der Waals surface area contributed by atoms with Crippen molar-refractivity contribution >= 4 is 61.4 Å². The van der Waals surface area contributed by atoms with Gasteiger partial charge in [-0.05, 0) is 51.4 Å². The summed E-state index contributed by atoms with van der Waals surface area (Å²) in [5.74, 6) is -0.686. The van der Waals surface area contributed by atoms with Crippen LogP contribution in [0.25, 0.3) is 32.3 Å². The second-order valence-electron chi connectivity index (χ2n) is 9.99. The molecular weight excluding hydrogens is 480 g/mol. The highest BCUT2D eigenvalue weighted by atomic mass is 35.5. The summed E-state index contributed by atoms with van der Waals surface area (Å²) in [5, 5.41) is 9.87. The van der Waals surface area contributed by atoms with Crippen LogP contribution < -0.4 is 10.2 Å². The van der Waals surface area contributed by atoms with Gasteiger partial charge in [0.25, 0.3) is 0 Å². The molecule has 0 aliphatic heterocycles. The molecular formula is C32H29ClN2O2. The maximum absolute atomic E-state index is 14.0. The van der Waals surface area contributed by atoms with Gasteiger partial charge >= 0.3 is 0 Å². The Morgan fingerprint density at radius 2 is 1.43 bits per heavy atom. The molecule has 1 N–H and O–H groups in total. The number of benzene rings is 5. The maximum atomic E-state index is 14.0. The van der Waals surface area contributed by atoms with E-state index in [9.17, 15) is 9.59 Å². The van der Waals surface area contributed by atoms with Gasteiger partial charge in [0.05, 0.1) is 5.69 Å². The lowest BCUT2D eigenvalue weighted by molar-refractivity contribution is -0.126. The van der Waals surface area contributed by atoms with E-state index in [4.69, 9.17) is 11.6 Å². The molecule has 5 aromatic rings. The molecule has 1 unspecified atom stereocenters. The largest absolute Gasteiger partial charge is 0.351 e. The summed E-state index contributed by atoms with van der Waals surface area (Å²) in [5.41, 5.74) is 1.46. The van der Waals surface area contributed by atoms with Gasteiger partial charge in [-0.25, -0.2) is 0 Å². The molecule has 4 nitrogen and oxygen atoms in total. The van der Waals surface area contributed by atoms with Crippen molar-refractivity contribution in [1.29, 1.82) is 0 Å². The van der Waals surface area contributed by atoms with Crippen LogP contribution in [0.2, 0.25) is 0 Å². The second-order valence-corrected chi connectivity index (χ2v) is 10.3. The van der Waals surface area contributed by atoms with Crippen LogP contribution in [0.3, 0.4) is 0 Å². The van der Waals surface area contributed by atoms with Crippen LogP contribution in [-0.4, -0.2) is 23.7 Å². The van der Waals surface area contributed by atoms with E-state index < -0.39 is 6.04 Å². The molecule has 186 valence electrons. The van der Waals surface area contributed by atoms with Crippen LogP contribution >= 0.6 is 11.6 Å². The van der Waals surface area contributed by atoms with E-state index in [1.807, 2.05) is 42.5 Å². The van der Waals surface area contributed by atoms with Gasteiger partial charge in [-0.15, -0.1) is 11.6 Å². The fourth-order valence-electron chi connectivity index (χ4n) is 5.99. The molecule has 1 fully saturated rings.